The summed E-state index contributed by atoms with van der Waals surface area (Å²) in [6.07, 6.45) is 1.18. The van der Waals surface area contributed by atoms with E-state index in [1.54, 1.807) is 6.07 Å². The van der Waals surface area contributed by atoms with Gasteiger partial charge in [0.1, 0.15) is 10.7 Å². The standard InChI is InChI=1S/C9H12N2O3/c1-6-4-8(6)10-5-7-2-3-9(14-7)11(12)13/h2-3,6,8,10H,4-5H2,1H3. The van der Waals surface area contributed by atoms with Crippen LogP contribution in [0.2, 0.25) is 0 Å². The zero-order valence-electron chi connectivity index (χ0n) is 7.90. The highest BCUT2D eigenvalue weighted by Gasteiger charge is 2.31. The molecular weight excluding hydrogens is 184 g/mol. The second kappa shape index (κ2) is 3.42. The fourth-order valence-electron chi connectivity index (χ4n) is 1.40. The van der Waals surface area contributed by atoms with Gasteiger partial charge in [0.15, 0.2) is 0 Å². The molecule has 1 aliphatic rings. The molecule has 1 N–H and O–H groups in total. The minimum absolute atomic E-state index is 0.189. The van der Waals surface area contributed by atoms with Gasteiger partial charge in [-0.3, -0.25) is 10.1 Å². The fourth-order valence-corrected chi connectivity index (χ4v) is 1.40. The quantitative estimate of drug-likeness (QED) is 0.587. The molecule has 1 saturated carbocycles. The Bertz CT molecular complexity index is 348. The summed E-state index contributed by atoms with van der Waals surface area (Å²) in [5.41, 5.74) is 0. The molecule has 1 heterocycles. The van der Waals surface area contributed by atoms with Gasteiger partial charge in [0, 0.05) is 6.04 Å². The van der Waals surface area contributed by atoms with Crippen molar-refractivity contribution in [2.75, 3.05) is 0 Å². The Morgan fingerprint density at radius 1 is 1.71 bits per heavy atom. The van der Waals surface area contributed by atoms with Crippen molar-refractivity contribution >= 4 is 5.88 Å². The Kier molecular flexibility index (Phi) is 2.25. The van der Waals surface area contributed by atoms with Gasteiger partial charge in [0.25, 0.3) is 0 Å². The maximum absolute atomic E-state index is 10.3. The van der Waals surface area contributed by atoms with E-state index in [2.05, 4.69) is 12.2 Å². The third kappa shape index (κ3) is 1.93. The maximum Gasteiger partial charge on any atom is 0.433 e. The lowest BCUT2D eigenvalue weighted by molar-refractivity contribution is -0.402. The minimum atomic E-state index is -0.525. The Labute approximate surface area is 81.2 Å². The largest absolute Gasteiger partial charge is 0.433 e. The molecule has 0 saturated heterocycles. The number of hydrogen-bond acceptors (Lipinski definition) is 4. The van der Waals surface area contributed by atoms with Crippen molar-refractivity contribution in [1.82, 2.24) is 5.32 Å². The minimum Gasteiger partial charge on any atom is -0.404 e. The van der Waals surface area contributed by atoms with Gasteiger partial charge >= 0.3 is 5.88 Å². The van der Waals surface area contributed by atoms with E-state index >= 15 is 0 Å². The van der Waals surface area contributed by atoms with E-state index < -0.39 is 4.92 Å². The van der Waals surface area contributed by atoms with Crippen LogP contribution in [0.15, 0.2) is 16.5 Å². The van der Waals surface area contributed by atoms with Crippen molar-refractivity contribution in [1.29, 1.82) is 0 Å². The Morgan fingerprint density at radius 2 is 2.43 bits per heavy atom. The average molecular weight is 196 g/mol. The summed E-state index contributed by atoms with van der Waals surface area (Å²) in [5, 5.41) is 13.6. The third-order valence-electron chi connectivity index (χ3n) is 2.48. The molecule has 0 aromatic carbocycles. The van der Waals surface area contributed by atoms with Crippen molar-refractivity contribution in [3.8, 4) is 0 Å². The Morgan fingerprint density at radius 3 is 2.93 bits per heavy atom. The van der Waals surface area contributed by atoms with Gasteiger partial charge in [-0.1, -0.05) is 6.92 Å². The molecule has 76 valence electrons. The molecular formula is C9H12N2O3. The van der Waals surface area contributed by atoms with Gasteiger partial charge in [0.2, 0.25) is 0 Å². The maximum atomic E-state index is 10.3. The fraction of sp³-hybridized carbons (Fsp3) is 0.556. The van der Waals surface area contributed by atoms with Crippen LogP contribution >= 0.6 is 0 Å². The second-order valence-electron chi connectivity index (χ2n) is 3.70. The van der Waals surface area contributed by atoms with Crippen molar-refractivity contribution < 1.29 is 9.34 Å². The predicted octanol–water partition coefficient (Wildman–Crippen LogP) is 1.69. The Balaban J connectivity index is 1.87. The summed E-state index contributed by atoms with van der Waals surface area (Å²) < 4.78 is 5.00. The molecule has 1 aromatic rings. The monoisotopic (exact) mass is 196 g/mol. The molecule has 14 heavy (non-hydrogen) atoms. The normalized spacial score (nSPS) is 24.9. The van der Waals surface area contributed by atoms with Gasteiger partial charge in [-0.15, -0.1) is 0 Å². The molecule has 2 rings (SSSR count). The Hall–Kier alpha value is -1.36. The molecule has 0 radical (unpaired) electrons. The molecule has 0 spiro atoms. The van der Waals surface area contributed by atoms with Crippen LogP contribution in [-0.4, -0.2) is 11.0 Å². The molecule has 0 amide bonds. The number of furan rings is 1. The van der Waals surface area contributed by atoms with E-state index in [0.29, 0.717) is 18.3 Å². The highest BCUT2D eigenvalue weighted by atomic mass is 16.6. The number of rotatable bonds is 4. The first kappa shape index (κ1) is 9.21. The molecule has 0 bridgehead atoms. The van der Waals surface area contributed by atoms with Crippen LogP contribution in [0, 0.1) is 16.0 Å². The second-order valence-corrected chi connectivity index (χ2v) is 3.70. The van der Waals surface area contributed by atoms with Gasteiger partial charge in [-0.25, -0.2) is 0 Å². The summed E-state index contributed by atoms with van der Waals surface area (Å²) in [6, 6.07) is 3.57. The van der Waals surface area contributed by atoms with Crippen LogP contribution in [0.5, 0.6) is 0 Å². The summed E-state index contributed by atoms with van der Waals surface area (Å²) in [5.74, 6) is 1.15. The van der Waals surface area contributed by atoms with Crippen LogP contribution in [-0.2, 0) is 6.54 Å². The lowest BCUT2D eigenvalue weighted by Crippen LogP contribution is -2.16. The third-order valence-corrected chi connectivity index (χ3v) is 2.48. The topological polar surface area (TPSA) is 68.3 Å². The van der Waals surface area contributed by atoms with Crippen molar-refractivity contribution in [3.63, 3.8) is 0 Å². The lowest BCUT2D eigenvalue weighted by atomic mass is 10.4. The molecule has 5 heteroatoms. The molecule has 0 aliphatic heterocycles. The van der Waals surface area contributed by atoms with E-state index in [4.69, 9.17) is 4.42 Å². The first-order valence-corrected chi connectivity index (χ1v) is 4.63. The smallest absolute Gasteiger partial charge is 0.404 e. The predicted molar refractivity (Wildman–Crippen MR) is 49.8 cm³/mol. The lowest BCUT2D eigenvalue weighted by Gasteiger charge is -1.98. The number of nitrogens with one attached hydrogen (secondary N) is 1. The first-order chi connectivity index (χ1) is 6.66. The molecule has 2 unspecified atom stereocenters. The van der Waals surface area contributed by atoms with Gasteiger partial charge in [-0.2, -0.15) is 0 Å². The molecule has 1 aliphatic carbocycles. The summed E-state index contributed by atoms with van der Waals surface area (Å²) in [4.78, 5) is 9.78. The van der Waals surface area contributed by atoms with E-state index in [1.165, 1.54) is 12.5 Å². The zero-order valence-corrected chi connectivity index (χ0v) is 7.90. The summed E-state index contributed by atoms with van der Waals surface area (Å²) >= 11 is 0. The zero-order chi connectivity index (χ0) is 10.1. The molecule has 1 fully saturated rings. The number of hydrogen-bond donors (Lipinski definition) is 1. The molecule has 5 nitrogen and oxygen atoms in total. The van der Waals surface area contributed by atoms with Gasteiger partial charge < -0.3 is 9.73 Å². The van der Waals surface area contributed by atoms with E-state index in [0.717, 1.165) is 5.92 Å². The SMILES string of the molecule is CC1CC1NCc1ccc([N+](=O)[O-])o1. The molecule has 1 aromatic heterocycles. The van der Waals surface area contributed by atoms with Gasteiger partial charge in [-0.05, 0) is 18.4 Å². The summed E-state index contributed by atoms with van der Waals surface area (Å²) in [7, 11) is 0. The first-order valence-electron chi connectivity index (χ1n) is 4.63. The van der Waals surface area contributed by atoms with Crippen LogP contribution in [0.3, 0.4) is 0 Å². The van der Waals surface area contributed by atoms with Crippen LogP contribution in [0.4, 0.5) is 5.88 Å². The van der Waals surface area contributed by atoms with Crippen LogP contribution in [0.1, 0.15) is 19.1 Å². The average Bonchev–Trinajstić information content (AvgIpc) is 2.68. The number of nitro groups is 1. The van der Waals surface area contributed by atoms with E-state index in [-0.39, 0.29) is 5.88 Å². The van der Waals surface area contributed by atoms with Crippen LogP contribution in [0.25, 0.3) is 0 Å². The van der Waals surface area contributed by atoms with Gasteiger partial charge in [0.05, 0.1) is 12.6 Å². The highest BCUT2D eigenvalue weighted by molar-refractivity contribution is 5.17. The van der Waals surface area contributed by atoms with Crippen LogP contribution < -0.4 is 5.32 Å². The van der Waals surface area contributed by atoms with Crippen molar-refractivity contribution in [3.05, 3.63) is 28.0 Å². The van der Waals surface area contributed by atoms with E-state index in [9.17, 15) is 10.1 Å². The highest BCUT2D eigenvalue weighted by Crippen LogP contribution is 2.29. The summed E-state index contributed by atoms with van der Waals surface area (Å²) in [6.45, 7) is 2.74. The number of nitrogens with zero attached hydrogens (tertiary/aromatic N) is 1. The molecule has 2 atom stereocenters. The van der Waals surface area contributed by atoms with Crippen molar-refractivity contribution in [2.45, 2.75) is 25.9 Å². The van der Waals surface area contributed by atoms with Crippen molar-refractivity contribution in [2.24, 2.45) is 5.92 Å². The van der Waals surface area contributed by atoms with E-state index in [1.807, 2.05) is 0 Å².